The minimum absolute atomic E-state index is 0.0500. The third kappa shape index (κ3) is 5.08. The number of nitro benzene ring substituents is 1. The van der Waals surface area contributed by atoms with E-state index in [1.165, 1.54) is 22.5 Å². The molecule has 0 unspecified atom stereocenters. The Morgan fingerprint density at radius 3 is 2.62 bits per heavy atom. The van der Waals surface area contributed by atoms with Gasteiger partial charge in [-0.05, 0) is 62.9 Å². The van der Waals surface area contributed by atoms with Crippen LogP contribution in [0.5, 0.6) is 5.75 Å². The number of amides is 1. The first kappa shape index (κ1) is 23.7. The van der Waals surface area contributed by atoms with Gasteiger partial charge in [0.15, 0.2) is 0 Å². The SMILES string of the molecule is CCOc1ccc(S(=O)(=O)N2CCC[C@@H](C(=O)Nc3cc([N+](=O)[O-])ccc3C)C2)cc1C. The summed E-state index contributed by atoms with van der Waals surface area (Å²) in [6.45, 7) is 6.25. The molecule has 2 aromatic rings. The van der Waals surface area contributed by atoms with Crippen molar-refractivity contribution in [2.75, 3.05) is 25.0 Å². The lowest BCUT2D eigenvalue weighted by Gasteiger charge is -2.31. The van der Waals surface area contributed by atoms with Gasteiger partial charge in [0.25, 0.3) is 5.69 Å². The monoisotopic (exact) mass is 461 g/mol. The number of piperidine rings is 1. The summed E-state index contributed by atoms with van der Waals surface area (Å²) in [5.74, 6) is -0.271. The van der Waals surface area contributed by atoms with Crippen molar-refractivity contribution in [3.05, 3.63) is 57.6 Å². The number of nitrogens with one attached hydrogen (secondary N) is 1. The standard InChI is InChI=1S/C22H27N3O6S/c1-4-31-21-10-9-19(12-16(21)3)32(29,30)24-11-5-6-17(14-24)22(26)23-20-13-18(25(27)28)8-7-15(20)2/h7-10,12-13,17H,4-6,11,14H2,1-3H3,(H,23,26)/t17-/m1/s1. The van der Waals surface area contributed by atoms with E-state index >= 15 is 0 Å². The van der Waals surface area contributed by atoms with Crippen LogP contribution in [0, 0.1) is 29.9 Å². The van der Waals surface area contributed by atoms with E-state index < -0.39 is 20.9 Å². The van der Waals surface area contributed by atoms with Crippen LogP contribution in [0.25, 0.3) is 0 Å². The maximum Gasteiger partial charge on any atom is 0.271 e. The Labute approximate surface area is 187 Å². The first-order chi connectivity index (χ1) is 15.1. The van der Waals surface area contributed by atoms with Gasteiger partial charge in [0.05, 0.1) is 28.0 Å². The number of carbonyl (C=O) groups excluding carboxylic acids is 1. The van der Waals surface area contributed by atoms with E-state index in [-0.39, 0.29) is 23.0 Å². The van der Waals surface area contributed by atoms with E-state index in [9.17, 15) is 23.3 Å². The van der Waals surface area contributed by atoms with Crippen LogP contribution in [0.15, 0.2) is 41.3 Å². The van der Waals surface area contributed by atoms with E-state index in [1.807, 2.05) is 6.92 Å². The van der Waals surface area contributed by atoms with Crippen molar-refractivity contribution in [3.63, 3.8) is 0 Å². The summed E-state index contributed by atoms with van der Waals surface area (Å²) < 4.78 is 33.2. The largest absolute Gasteiger partial charge is 0.494 e. The fourth-order valence-corrected chi connectivity index (χ4v) is 5.33. The van der Waals surface area contributed by atoms with Gasteiger partial charge in [-0.3, -0.25) is 14.9 Å². The van der Waals surface area contributed by atoms with E-state index in [0.717, 1.165) is 5.56 Å². The Morgan fingerprint density at radius 1 is 1.22 bits per heavy atom. The molecule has 0 radical (unpaired) electrons. The van der Waals surface area contributed by atoms with Crippen molar-refractivity contribution >= 4 is 27.3 Å². The summed E-state index contributed by atoms with van der Waals surface area (Å²) in [7, 11) is -3.77. The van der Waals surface area contributed by atoms with E-state index in [2.05, 4.69) is 5.32 Å². The normalized spacial score (nSPS) is 17.0. The number of benzene rings is 2. The zero-order valence-corrected chi connectivity index (χ0v) is 19.1. The molecule has 3 rings (SSSR count). The average molecular weight is 462 g/mol. The van der Waals surface area contributed by atoms with Crippen molar-refractivity contribution in [1.29, 1.82) is 0 Å². The van der Waals surface area contributed by atoms with Gasteiger partial charge in [-0.15, -0.1) is 0 Å². The molecule has 1 amide bonds. The lowest BCUT2D eigenvalue weighted by Crippen LogP contribution is -2.43. The number of non-ortho nitro benzene ring substituents is 1. The molecule has 0 aliphatic carbocycles. The highest BCUT2D eigenvalue weighted by Gasteiger charge is 2.33. The number of rotatable bonds is 7. The van der Waals surface area contributed by atoms with Gasteiger partial charge in [-0.25, -0.2) is 8.42 Å². The van der Waals surface area contributed by atoms with Crippen LogP contribution in [0.4, 0.5) is 11.4 Å². The zero-order valence-electron chi connectivity index (χ0n) is 18.3. The van der Waals surface area contributed by atoms with Gasteiger partial charge in [0.1, 0.15) is 5.75 Å². The Hall–Kier alpha value is -2.98. The maximum atomic E-state index is 13.2. The van der Waals surface area contributed by atoms with Gasteiger partial charge >= 0.3 is 0 Å². The highest BCUT2D eigenvalue weighted by molar-refractivity contribution is 7.89. The molecule has 1 aliphatic heterocycles. The number of aryl methyl sites for hydroxylation is 2. The molecule has 0 aromatic heterocycles. The highest BCUT2D eigenvalue weighted by Crippen LogP contribution is 2.29. The molecule has 172 valence electrons. The Morgan fingerprint density at radius 2 is 1.97 bits per heavy atom. The number of nitro groups is 1. The van der Waals surface area contributed by atoms with Gasteiger partial charge < -0.3 is 10.1 Å². The Bertz CT molecular complexity index is 1130. The third-order valence-corrected chi connectivity index (χ3v) is 7.39. The smallest absolute Gasteiger partial charge is 0.271 e. The topological polar surface area (TPSA) is 119 Å². The van der Waals surface area contributed by atoms with Crippen molar-refractivity contribution < 1.29 is 22.9 Å². The fourth-order valence-electron chi connectivity index (χ4n) is 3.72. The second-order valence-corrected chi connectivity index (χ2v) is 9.75. The zero-order chi connectivity index (χ0) is 23.5. The number of sulfonamides is 1. The van der Waals surface area contributed by atoms with E-state index in [0.29, 0.717) is 43.0 Å². The summed E-state index contributed by atoms with van der Waals surface area (Å²) in [6, 6.07) is 9.00. The second-order valence-electron chi connectivity index (χ2n) is 7.81. The summed E-state index contributed by atoms with van der Waals surface area (Å²) in [5, 5.41) is 13.8. The molecule has 9 nitrogen and oxygen atoms in total. The lowest BCUT2D eigenvalue weighted by atomic mass is 9.98. The fraction of sp³-hybridized carbons (Fsp3) is 0.409. The van der Waals surface area contributed by atoms with Crippen LogP contribution in [-0.2, 0) is 14.8 Å². The molecule has 1 heterocycles. The quantitative estimate of drug-likeness (QED) is 0.497. The van der Waals surface area contributed by atoms with Gasteiger partial charge in [0, 0.05) is 25.2 Å². The van der Waals surface area contributed by atoms with Crippen LogP contribution in [0.1, 0.15) is 30.9 Å². The molecular formula is C22H27N3O6S. The third-order valence-electron chi connectivity index (χ3n) is 5.53. The van der Waals surface area contributed by atoms with Crippen molar-refractivity contribution in [2.24, 2.45) is 5.92 Å². The summed E-state index contributed by atoms with van der Waals surface area (Å²) in [4.78, 5) is 23.5. The lowest BCUT2D eigenvalue weighted by molar-refractivity contribution is -0.384. The first-order valence-electron chi connectivity index (χ1n) is 10.4. The second kappa shape index (κ2) is 9.66. The van der Waals surface area contributed by atoms with Crippen molar-refractivity contribution in [3.8, 4) is 5.75 Å². The molecule has 1 aliphatic rings. The summed E-state index contributed by atoms with van der Waals surface area (Å²) in [5.41, 5.74) is 1.64. The Kier molecular flexibility index (Phi) is 7.15. The van der Waals surface area contributed by atoms with Crippen molar-refractivity contribution in [1.82, 2.24) is 4.31 Å². The van der Waals surface area contributed by atoms with Crippen LogP contribution in [-0.4, -0.2) is 43.2 Å². The molecule has 10 heteroatoms. The van der Waals surface area contributed by atoms with Crippen LogP contribution < -0.4 is 10.1 Å². The van der Waals surface area contributed by atoms with E-state index in [4.69, 9.17) is 4.74 Å². The average Bonchev–Trinajstić information content (AvgIpc) is 2.76. The van der Waals surface area contributed by atoms with Crippen molar-refractivity contribution in [2.45, 2.75) is 38.5 Å². The van der Waals surface area contributed by atoms with Crippen LogP contribution >= 0.6 is 0 Å². The number of carbonyl (C=O) groups is 1. The number of nitrogens with zero attached hydrogens (tertiary/aromatic N) is 2. The maximum absolute atomic E-state index is 13.2. The predicted molar refractivity (Wildman–Crippen MR) is 120 cm³/mol. The number of ether oxygens (including phenoxy) is 1. The van der Waals surface area contributed by atoms with Gasteiger partial charge in [0.2, 0.25) is 15.9 Å². The van der Waals surface area contributed by atoms with E-state index in [1.54, 1.807) is 32.0 Å². The molecule has 0 bridgehead atoms. The molecule has 1 N–H and O–H groups in total. The molecular weight excluding hydrogens is 434 g/mol. The minimum Gasteiger partial charge on any atom is -0.494 e. The van der Waals surface area contributed by atoms with Crippen LogP contribution in [0.3, 0.4) is 0 Å². The molecule has 0 saturated carbocycles. The molecule has 0 spiro atoms. The molecule has 1 saturated heterocycles. The summed E-state index contributed by atoms with van der Waals surface area (Å²) in [6.07, 6.45) is 1.08. The van der Waals surface area contributed by atoms with Gasteiger partial charge in [-0.2, -0.15) is 4.31 Å². The number of hydrogen-bond acceptors (Lipinski definition) is 6. The number of hydrogen-bond donors (Lipinski definition) is 1. The minimum atomic E-state index is -3.77. The first-order valence-corrected chi connectivity index (χ1v) is 11.9. The molecule has 2 aromatic carbocycles. The predicted octanol–water partition coefficient (Wildman–Crippen LogP) is 3.65. The molecule has 32 heavy (non-hydrogen) atoms. The van der Waals surface area contributed by atoms with Gasteiger partial charge in [-0.1, -0.05) is 6.07 Å². The molecule has 1 fully saturated rings. The Balaban J connectivity index is 1.76. The highest BCUT2D eigenvalue weighted by atomic mass is 32.2. The summed E-state index contributed by atoms with van der Waals surface area (Å²) >= 11 is 0. The molecule has 1 atom stereocenters. The van der Waals surface area contributed by atoms with Crippen LogP contribution in [0.2, 0.25) is 0 Å². The number of anilines is 1.